The maximum atomic E-state index is 13.9. The predicted molar refractivity (Wildman–Crippen MR) is 97.4 cm³/mol. The molecule has 0 unspecified atom stereocenters. The Morgan fingerprint density at radius 3 is 2.34 bits per heavy atom. The maximum absolute atomic E-state index is 13.9. The van der Waals surface area contributed by atoms with Crippen LogP contribution in [-0.2, 0) is 19.1 Å². The van der Waals surface area contributed by atoms with E-state index in [0.29, 0.717) is 0 Å². The predicted octanol–water partition coefficient (Wildman–Crippen LogP) is 3.03. The Labute approximate surface area is 164 Å². The second-order valence-electron chi connectivity index (χ2n) is 6.52. The number of hydrogen-bond acceptors (Lipinski definition) is 4. The van der Waals surface area contributed by atoms with Gasteiger partial charge < -0.3 is 15.0 Å². The molecule has 0 radical (unpaired) electrons. The minimum atomic E-state index is -1.36. The van der Waals surface area contributed by atoms with E-state index in [2.05, 4.69) is 0 Å². The fraction of sp³-hybridized carbons (Fsp3) is 0.250. The standard InChI is InChI=1S/C20H17F3N2O4/c1-11(19(27)24-18-14(22)6-4-7-15(18)23)29-20(28)12-9-17(26)25(10-12)16-8-3-2-5-13(16)21/h2-8,11-12H,9-10H2,1H3,(H,24,27)/t11-,12-/m0/s1. The maximum Gasteiger partial charge on any atom is 0.312 e. The molecular weight excluding hydrogens is 389 g/mol. The molecule has 6 nitrogen and oxygen atoms in total. The van der Waals surface area contributed by atoms with E-state index in [-0.39, 0.29) is 18.7 Å². The molecule has 2 amide bonds. The first-order chi connectivity index (χ1) is 13.8. The summed E-state index contributed by atoms with van der Waals surface area (Å²) in [6.45, 7) is 1.13. The first-order valence-electron chi connectivity index (χ1n) is 8.78. The van der Waals surface area contributed by atoms with Gasteiger partial charge in [-0.05, 0) is 31.2 Å². The summed E-state index contributed by atoms with van der Waals surface area (Å²) in [7, 11) is 0. The molecule has 2 atom stereocenters. The van der Waals surface area contributed by atoms with Crippen molar-refractivity contribution < 1.29 is 32.3 Å². The summed E-state index contributed by atoms with van der Waals surface area (Å²) < 4.78 is 46.2. The van der Waals surface area contributed by atoms with Crippen LogP contribution < -0.4 is 10.2 Å². The molecule has 2 aromatic rings. The topological polar surface area (TPSA) is 75.7 Å². The fourth-order valence-corrected chi connectivity index (χ4v) is 2.93. The Balaban J connectivity index is 1.62. The number of carbonyl (C=O) groups is 3. The van der Waals surface area contributed by atoms with Gasteiger partial charge in [-0.2, -0.15) is 0 Å². The van der Waals surface area contributed by atoms with E-state index in [1.807, 2.05) is 5.32 Å². The number of ether oxygens (including phenoxy) is 1. The SMILES string of the molecule is C[C@H](OC(=O)[C@H]1CC(=O)N(c2ccccc2F)C1)C(=O)Nc1c(F)cccc1F. The van der Waals surface area contributed by atoms with Gasteiger partial charge in [-0.3, -0.25) is 14.4 Å². The van der Waals surface area contributed by atoms with Crippen LogP contribution in [0.5, 0.6) is 0 Å². The number of anilines is 2. The quantitative estimate of drug-likeness (QED) is 0.775. The molecule has 0 aromatic heterocycles. The van der Waals surface area contributed by atoms with Crippen molar-refractivity contribution in [3.63, 3.8) is 0 Å². The molecule has 0 bridgehead atoms. The molecule has 1 saturated heterocycles. The van der Waals surface area contributed by atoms with Gasteiger partial charge in [-0.1, -0.05) is 18.2 Å². The van der Waals surface area contributed by atoms with Gasteiger partial charge in [0.1, 0.15) is 23.1 Å². The Bertz CT molecular complexity index is 946. The summed E-state index contributed by atoms with van der Waals surface area (Å²) in [6.07, 6.45) is -1.57. The van der Waals surface area contributed by atoms with Crippen LogP contribution in [0.4, 0.5) is 24.5 Å². The molecule has 1 heterocycles. The van der Waals surface area contributed by atoms with Crippen LogP contribution >= 0.6 is 0 Å². The lowest BCUT2D eigenvalue weighted by Gasteiger charge is -2.18. The number of benzene rings is 2. The number of nitrogens with zero attached hydrogens (tertiary/aromatic N) is 1. The number of esters is 1. The number of carbonyl (C=O) groups excluding carboxylic acids is 3. The third-order valence-corrected chi connectivity index (χ3v) is 4.47. The second-order valence-corrected chi connectivity index (χ2v) is 6.52. The van der Waals surface area contributed by atoms with Crippen molar-refractivity contribution in [1.29, 1.82) is 0 Å². The lowest BCUT2D eigenvalue weighted by Crippen LogP contribution is -2.33. The summed E-state index contributed by atoms with van der Waals surface area (Å²) in [5.74, 6) is -5.68. The summed E-state index contributed by atoms with van der Waals surface area (Å²) >= 11 is 0. The number of amides is 2. The van der Waals surface area contributed by atoms with E-state index in [1.54, 1.807) is 6.07 Å². The Morgan fingerprint density at radius 1 is 1.07 bits per heavy atom. The van der Waals surface area contributed by atoms with Gasteiger partial charge in [-0.25, -0.2) is 13.2 Å². The average Bonchev–Trinajstić information content (AvgIpc) is 3.06. The van der Waals surface area contributed by atoms with Crippen molar-refractivity contribution in [3.05, 3.63) is 59.9 Å². The first kappa shape index (κ1) is 20.4. The highest BCUT2D eigenvalue weighted by Gasteiger charge is 2.38. The van der Waals surface area contributed by atoms with Crippen LogP contribution in [0.2, 0.25) is 0 Å². The zero-order valence-corrected chi connectivity index (χ0v) is 15.3. The van der Waals surface area contributed by atoms with Crippen molar-refractivity contribution in [2.45, 2.75) is 19.4 Å². The van der Waals surface area contributed by atoms with Crippen molar-refractivity contribution in [2.75, 3.05) is 16.8 Å². The van der Waals surface area contributed by atoms with Crippen LogP contribution in [0.3, 0.4) is 0 Å². The van der Waals surface area contributed by atoms with Gasteiger partial charge in [0, 0.05) is 13.0 Å². The number of para-hydroxylation sites is 2. The van der Waals surface area contributed by atoms with Gasteiger partial charge in [0.25, 0.3) is 5.91 Å². The number of nitrogens with one attached hydrogen (secondary N) is 1. The normalized spacial score (nSPS) is 17.2. The molecule has 3 rings (SSSR count). The summed E-state index contributed by atoms with van der Waals surface area (Å²) in [5.41, 5.74) is -0.601. The molecule has 0 saturated carbocycles. The molecule has 1 aliphatic rings. The lowest BCUT2D eigenvalue weighted by atomic mass is 10.1. The first-order valence-corrected chi connectivity index (χ1v) is 8.78. The monoisotopic (exact) mass is 406 g/mol. The number of hydrogen-bond donors (Lipinski definition) is 1. The third-order valence-electron chi connectivity index (χ3n) is 4.47. The van der Waals surface area contributed by atoms with E-state index in [9.17, 15) is 27.6 Å². The zero-order valence-electron chi connectivity index (χ0n) is 15.3. The van der Waals surface area contributed by atoms with Gasteiger partial charge in [0.2, 0.25) is 5.91 Å². The molecule has 2 aromatic carbocycles. The number of halogens is 3. The Kier molecular flexibility index (Phi) is 5.86. The van der Waals surface area contributed by atoms with Crippen molar-refractivity contribution in [3.8, 4) is 0 Å². The highest BCUT2D eigenvalue weighted by Crippen LogP contribution is 2.28. The molecule has 0 aliphatic carbocycles. The van der Waals surface area contributed by atoms with E-state index >= 15 is 0 Å². The summed E-state index contributed by atoms with van der Waals surface area (Å²) in [5, 5.41) is 2.03. The molecule has 0 spiro atoms. The van der Waals surface area contributed by atoms with E-state index in [0.717, 1.165) is 23.1 Å². The van der Waals surface area contributed by atoms with Crippen LogP contribution in [0.25, 0.3) is 0 Å². The smallest absolute Gasteiger partial charge is 0.312 e. The molecule has 29 heavy (non-hydrogen) atoms. The molecule has 1 fully saturated rings. The number of rotatable bonds is 5. The third kappa shape index (κ3) is 4.39. The highest BCUT2D eigenvalue weighted by molar-refractivity contribution is 6.00. The van der Waals surface area contributed by atoms with E-state index < -0.39 is 52.9 Å². The highest BCUT2D eigenvalue weighted by atomic mass is 19.1. The van der Waals surface area contributed by atoms with Gasteiger partial charge in [-0.15, -0.1) is 0 Å². The minimum Gasteiger partial charge on any atom is -0.452 e. The second kappa shape index (κ2) is 8.34. The largest absolute Gasteiger partial charge is 0.452 e. The average molecular weight is 406 g/mol. The molecule has 1 aliphatic heterocycles. The summed E-state index contributed by atoms with van der Waals surface area (Å²) in [4.78, 5) is 37.8. The molecule has 1 N–H and O–H groups in total. The van der Waals surface area contributed by atoms with Crippen molar-refractivity contribution in [2.24, 2.45) is 5.92 Å². The minimum absolute atomic E-state index is 0.0496. The van der Waals surface area contributed by atoms with Crippen LogP contribution in [0.1, 0.15) is 13.3 Å². The Morgan fingerprint density at radius 2 is 1.69 bits per heavy atom. The molecular formula is C20H17F3N2O4. The van der Waals surface area contributed by atoms with Crippen LogP contribution in [-0.4, -0.2) is 30.4 Å². The molecule has 9 heteroatoms. The van der Waals surface area contributed by atoms with Crippen molar-refractivity contribution in [1.82, 2.24) is 0 Å². The van der Waals surface area contributed by atoms with E-state index in [4.69, 9.17) is 4.74 Å². The summed E-state index contributed by atoms with van der Waals surface area (Å²) in [6, 6.07) is 8.73. The Hall–Kier alpha value is -3.36. The van der Waals surface area contributed by atoms with Gasteiger partial charge in [0.15, 0.2) is 6.10 Å². The van der Waals surface area contributed by atoms with Gasteiger partial charge in [0.05, 0.1) is 11.6 Å². The van der Waals surface area contributed by atoms with Gasteiger partial charge >= 0.3 is 5.97 Å². The van der Waals surface area contributed by atoms with E-state index in [1.165, 1.54) is 25.1 Å². The zero-order chi connectivity index (χ0) is 21.1. The van der Waals surface area contributed by atoms with Crippen LogP contribution in [0, 0.1) is 23.4 Å². The van der Waals surface area contributed by atoms with Crippen molar-refractivity contribution >= 4 is 29.2 Å². The fourth-order valence-electron chi connectivity index (χ4n) is 2.93. The lowest BCUT2D eigenvalue weighted by molar-refractivity contribution is -0.157. The molecule has 152 valence electrons. The van der Waals surface area contributed by atoms with Crippen LogP contribution in [0.15, 0.2) is 42.5 Å².